The highest BCUT2D eigenvalue weighted by molar-refractivity contribution is 5.84. The first-order valence-corrected chi connectivity index (χ1v) is 2.23. The van der Waals surface area contributed by atoms with Gasteiger partial charge in [-0.2, -0.15) is 5.10 Å². The maximum atomic E-state index is 5.27. The zero-order valence-corrected chi connectivity index (χ0v) is 3.96. The largest absolute Gasteiger partial charge is 0.386 e. The van der Waals surface area contributed by atoms with Crippen LogP contribution in [-0.2, 0) is 0 Å². The molecule has 38 valence electrons. The molecule has 3 heteroatoms. The van der Waals surface area contributed by atoms with Crippen molar-refractivity contribution in [3.8, 4) is 0 Å². The van der Waals surface area contributed by atoms with E-state index < -0.39 is 0 Å². The minimum Gasteiger partial charge on any atom is -0.386 e. The summed E-state index contributed by atoms with van der Waals surface area (Å²) >= 11 is 0. The SMILES string of the molecule is NC1=NN=CCC1. The van der Waals surface area contributed by atoms with Crippen molar-refractivity contribution in [3.05, 3.63) is 0 Å². The van der Waals surface area contributed by atoms with Crippen molar-refractivity contribution in [1.82, 2.24) is 0 Å². The van der Waals surface area contributed by atoms with E-state index in [1.165, 1.54) is 0 Å². The summed E-state index contributed by atoms with van der Waals surface area (Å²) in [5.74, 6) is 0.641. The monoisotopic (exact) mass is 97.1 g/mol. The average Bonchev–Trinajstić information content (AvgIpc) is 1.69. The first-order chi connectivity index (χ1) is 3.39. The topological polar surface area (TPSA) is 50.7 Å². The smallest absolute Gasteiger partial charge is 0.122 e. The molecule has 0 aromatic rings. The second-order valence-corrected chi connectivity index (χ2v) is 1.43. The first-order valence-electron chi connectivity index (χ1n) is 2.23. The molecule has 0 spiro atoms. The Morgan fingerprint density at radius 1 is 1.71 bits per heavy atom. The molecule has 2 N–H and O–H groups in total. The van der Waals surface area contributed by atoms with Gasteiger partial charge in [-0.15, -0.1) is 5.10 Å². The molecule has 1 aliphatic rings. The number of rotatable bonds is 0. The maximum Gasteiger partial charge on any atom is 0.122 e. The highest BCUT2D eigenvalue weighted by Gasteiger charge is 1.92. The van der Waals surface area contributed by atoms with Crippen LogP contribution in [0, 0.1) is 0 Å². The molecule has 0 radical (unpaired) electrons. The second-order valence-electron chi connectivity index (χ2n) is 1.43. The second kappa shape index (κ2) is 1.73. The van der Waals surface area contributed by atoms with E-state index in [0.29, 0.717) is 5.84 Å². The summed E-state index contributed by atoms with van der Waals surface area (Å²) in [5, 5.41) is 7.19. The summed E-state index contributed by atoms with van der Waals surface area (Å²) in [4.78, 5) is 0. The molecular weight excluding hydrogens is 90.1 g/mol. The quantitative estimate of drug-likeness (QED) is 0.458. The van der Waals surface area contributed by atoms with Gasteiger partial charge in [0.2, 0.25) is 0 Å². The van der Waals surface area contributed by atoms with Crippen molar-refractivity contribution in [2.75, 3.05) is 0 Å². The Morgan fingerprint density at radius 2 is 2.57 bits per heavy atom. The van der Waals surface area contributed by atoms with Gasteiger partial charge >= 0.3 is 0 Å². The molecule has 1 heterocycles. The number of hydrogen-bond acceptors (Lipinski definition) is 3. The highest BCUT2D eigenvalue weighted by Crippen LogP contribution is 1.91. The van der Waals surface area contributed by atoms with Gasteiger partial charge in [-0.05, 0) is 6.42 Å². The van der Waals surface area contributed by atoms with E-state index in [-0.39, 0.29) is 0 Å². The van der Waals surface area contributed by atoms with Gasteiger partial charge in [0.1, 0.15) is 5.84 Å². The van der Waals surface area contributed by atoms with Crippen molar-refractivity contribution >= 4 is 12.1 Å². The number of amidine groups is 1. The van der Waals surface area contributed by atoms with Crippen LogP contribution in [0.2, 0.25) is 0 Å². The van der Waals surface area contributed by atoms with Crippen molar-refractivity contribution in [1.29, 1.82) is 0 Å². The Morgan fingerprint density at radius 3 is 2.86 bits per heavy atom. The van der Waals surface area contributed by atoms with Crippen LogP contribution in [-0.4, -0.2) is 12.1 Å². The molecule has 0 aromatic carbocycles. The molecule has 0 atom stereocenters. The fourth-order valence-corrected chi connectivity index (χ4v) is 0.435. The normalized spacial score (nSPS) is 19.1. The van der Waals surface area contributed by atoms with Crippen LogP contribution in [0.4, 0.5) is 0 Å². The highest BCUT2D eigenvalue weighted by atomic mass is 15.2. The number of nitrogens with zero attached hydrogens (tertiary/aromatic N) is 2. The van der Waals surface area contributed by atoms with Crippen molar-refractivity contribution in [2.24, 2.45) is 15.9 Å². The lowest BCUT2D eigenvalue weighted by Crippen LogP contribution is -2.12. The molecule has 0 amide bonds. The van der Waals surface area contributed by atoms with Crippen LogP contribution < -0.4 is 5.73 Å². The Bertz CT molecular complexity index is 114. The van der Waals surface area contributed by atoms with Gasteiger partial charge in [0.25, 0.3) is 0 Å². The fraction of sp³-hybridized carbons (Fsp3) is 0.500. The zero-order chi connectivity index (χ0) is 5.11. The molecule has 0 fully saturated rings. The minimum atomic E-state index is 0.641. The molecule has 0 aromatic heterocycles. The number of hydrogen-bond donors (Lipinski definition) is 1. The van der Waals surface area contributed by atoms with Gasteiger partial charge in [0, 0.05) is 12.6 Å². The summed E-state index contributed by atoms with van der Waals surface area (Å²) in [6, 6.07) is 0. The van der Waals surface area contributed by atoms with Gasteiger partial charge < -0.3 is 5.73 Å². The van der Waals surface area contributed by atoms with Gasteiger partial charge in [-0.1, -0.05) is 0 Å². The Labute approximate surface area is 41.9 Å². The van der Waals surface area contributed by atoms with E-state index >= 15 is 0 Å². The van der Waals surface area contributed by atoms with Gasteiger partial charge in [-0.25, -0.2) is 0 Å². The third-order valence-corrected chi connectivity index (χ3v) is 0.797. The van der Waals surface area contributed by atoms with Crippen LogP contribution in [0.5, 0.6) is 0 Å². The van der Waals surface area contributed by atoms with E-state index in [1.807, 2.05) is 0 Å². The summed E-state index contributed by atoms with van der Waals surface area (Å²) in [6.07, 6.45) is 3.56. The summed E-state index contributed by atoms with van der Waals surface area (Å²) in [5.41, 5.74) is 5.27. The van der Waals surface area contributed by atoms with E-state index in [2.05, 4.69) is 10.2 Å². The lowest BCUT2D eigenvalue weighted by molar-refractivity contribution is 1.05. The van der Waals surface area contributed by atoms with Gasteiger partial charge in [0.05, 0.1) is 0 Å². The molecule has 0 aliphatic carbocycles. The Kier molecular flexibility index (Phi) is 1.06. The molecule has 0 saturated carbocycles. The molecule has 0 unspecified atom stereocenters. The molecule has 3 nitrogen and oxygen atoms in total. The standard InChI is InChI=1S/C4H7N3/c5-4-2-1-3-6-7-4/h3H,1-2H2,(H2,5,7). The third kappa shape index (κ3) is 0.994. The number of nitrogens with two attached hydrogens (primary N) is 1. The predicted octanol–water partition coefficient (Wildman–Crippen LogP) is 0.123. The molecule has 1 rings (SSSR count). The maximum absolute atomic E-state index is 5.27. The first kappa shape index (κ1) is 4.30. The van der Waals surface area contributed by atoms with Crippen LogP contribution >= 0.6 is 0 Å². The fourth-order valence-electron chi connectivity index (χ4n) is 0.435. The minimum absolute atomic E-state index is 0.641. The Balaban J connectivity index is 2.57. The summed E-state index contributed by atoms with van der Waals surface area (Å²) in [7, 11) is 0. The molecule has 0 saturated heterocycles. The van der Waals surface area contributed by atoms with Crippen molar-refractivity contribution < 1.29 is 0 Å². The predicted molar refractivity (Wildman–Crippen MR) is 29.3 cm³/mol. The van der Waals surface area contributed by atoms with E-state index in [0.717, 1.165) is 12.8 Å². The summed E-state index contributed by atoms with van der Waals surface area (Å²) in [6.45, 7) is 0. The average molecular weight is 97.1 g/mol. The van der Waals surface area contributed by atoms with Crippen LogP contribution in [0.1, 0.15) is 12.8 Å². The Hall–Kier alpha value is -0.860. The molecule has 7 heavy (non-hydrogen) atoms. The van der Waals surface area contributed by atoms with Crippen LogP contribution in [0.15, 0.2) is 10.2 Å². The lowest BCUT2D eigenvalue weighted by Gasteiger charge is -1.96. The van der Waals surface area contributed by atoms with Crippen molar-refractivity contribution in [2.45, 2.75) is 12.8 Å². The van der Waals surface area contributed by atoms with E-state index in [4.69, 9.17) is 5.73 Å². The zero-order valence-electron chi connectivity index (χ0n) is 3.96. The van der Waals surface area contributed by atoms with Crippen LogP contribution in [0.25, 0.3) is 0 Å². The lowest BCUT2D eigenvalue weighted by atomic mass is 10.3. The van der Waals surface area contributed by atoms with E-state index in [9.17, 15) is 0 Å². The molecular formula is C4H7N3. The molecule has 0 bridgehead atoms. The third-order valence-electron chi connectivity index (χ3n) is 0.797. The summed E-state index contributed by atoms with van der Waals surface area (Å²) < 4.78 is 0. The van der Waals surface area contributed by atoms with Crippen LogP contribution in [0.3, 0.4) is 0 Å². The van der Waals surface area contributed by atoms with Crippen molar-refractivity contribution in [3.63, 3.8) is 0 Å². The molecule has 1 aliphatic heterocycles. The van der Waals surface area contributed by atoms with Gasteiger partial charge in [0.15, 0.2) is 0 Å². The van der Waals surface area contributed by atoms with E-state index in [1.54, 1.807) is 6.21 Å². The van der Waals surface area contributed by atoms with Gasteiger partial charge in [-0.3, -0.25) is 0 Å².